The van der Waals surface area contributed by atoms with E-state index in [9.17, 15) is 14.3 Å². The molecule has 138 valence electrons. The average Bonchev–Trinajstić information content (AvgIpc) is 2.66. The number of phenols is 1. The summed E-state index contributed by atoms with van der Waals surface area (Å²) in [5.74, 6) is -0.183. The van der Waals surface area contributed by atoms with Gasteiger partial charge in [0.1, 0.15) is 17.3 Å². The Bertz CT molecular complexity index is 756. The molecule has 0 radical (unpaired) electrons. The third kappa shape index (κ3) is 4.32. The van der Waals surface area contributed by atoms with E-state index in [4.69, 9.17) is 4.74 Å². The second-order valence-corrected chi connectivity index (χ2v) is 6.31. The molecule has 26 heavy (non-hydrogen) atoms. The number of ether oxygens (including phenoxy) is 1. The lowest BCUT2D eigenvalue weighted by atomic mass is 10.1. The van der Waals surface area contributed by atoms with Crippen molar-refractivity contribution in [1.29, 1.82) is 0 Å². The van der Waals surface area contributed by atoms with Crippen LogP contribution in [0.3, 0.4) is 0 Å². The Labute approximate surface area is 152 Å². The van der Waals surface area contributed by atoms with Gasteiger partial charge < -0.3 is 14.7 Å². The molecule has 1 fully saturated rings. The summed E-state index contributed by atoms with van der Waals surface area (Å²) >= 11 is 0. The van der Waals surface area contributed by atoms with Crippen molar-refractivity contribution in [2.75, 3.05) is 32.8 Å². The Hall–Kier alpha value is -2.60. The van der Waals surface area contributed by atoms with E-state index in [1.54, 1.807) is 4.90 Å². The van der Waals surface area contributed by atoms with Crippen LogP contribution in [-0.4, -0.2) is 53.6 Å². The quantitative estimate of drug-likeness (QED) is 0.893. The van der Waals surface area contributed by atoms with Gasteiger partial charge in [-0.05, 0) is 42.8 Å². The summed E-state index contributed by atoms with van der Waals surface area (Å²) in [6, 6.07) is 11.5. The number of benzene rings is 2. The van der Waals surface area contributed by atoms with Crippen LogP contribution in [0.25, 0.3) is 0 Å². The highest BCUT2D eigenvalue weighted by Crippen LogP contribution is 2.21. The van der Waals surface area contributed by atoms with E-state index < -0.39 is 5.82 Å². The number of rotatable bonds is 5. The van der Waals surface area contributed by atoms with Gasteiger partial charge in [-0.2, -0.15) is 0 Å². The van der Waals surface area contributed by atoms with E-state index in [1.807, 2.05) is 31.2 Å². The van der Waals surface area contributed by atoms with Gasteiger partial charge in [-0.15, -0.1) is 0 Å². The van der Waals surface area contributed by atoms with Crippen LogP contribution in [-0.2, 0) is 6.54 Å². The van der Waals surface area contributed by atoms with E-state index in [2.05, 4.69) is 4.90 Å². The number of hydrogen-bond acceptors (Lipinski definition) is 4. The van der Waals surface area contributed by atoms with Crippen molar-refractivity contribution in [2.45, 2.75) is 13.5 Å². The maximum Gasteiger partial charge on any atom is 0.257 e. The predicted molar refractivity (Wildman–Crippen MR) is 96.9 cm³/mol. The fraction of sp³-hybridized carbons (Fsp3) is 0.350. The molecular formula is C20H23FN2O3. The smallest absolute Gasteiger partial charge is 0.257 e. The Morgan fingerprint density at radius 2 is 1.81 bits per heavy atom. The van der Waals surface area contributed by atoms with Crippen molar-refractivity contribution in [2.24, 2.45) is 0 Å². The van der Waals surface area contributed by atoms with E-state index in [1.165, 1.54) is 11.6 Å². The molecule has 6 heteroatoms. The lowest BCUT2D eigenvalue weighted by molar-refractivity contribution is 0.0625. The highest BCUT2D eigenvalue weighted by molar-refractivity contribution is 5.96. The maximum atomic E-state index is 13.4. The number of hydrogen-bond donors (Lipinski definition) is 1. The van der Waals surface area contributed by atoms with Gasteiger partial charge in [0.25, 0.3) is 5.91 Å². The maximum absolute atomic E-state index is 13.4. The third-order valence-electron chi connectivity index (χ3n) is 4.49. The van der Waals surface area contributed by atoms with Crippen molar-refractivity contribution in [3.05, 3.63) is 59.4 Å². The Morgan fingerprint density at radius 1 is 1.12 bits per heavy atom. The first kappa shape index (κ1) is 18.2. The molecule has 2 aromatic carbocycles. The summed E-state index contributed by atoms with van der Waals surface area (Å²) in [5.41, 5.74) is 1.21. The summed E-state index contributed by atoms with van der Waals surface area (Å²) in [6.07, 6.45) is 0. The van der Waals surface area contributed by atoms with Crippen LogP contribution in [0.4, 0.5) is 4.39 Å². The molecule has 5 nitrogen and oxygen atoms in total. The van der Waals surface area contributed by atoms with Crippen LogP contribution < -0.4 is 4.74 Å². The van der Waals surface area contributed by atoms with Gasteiger partial charge in [0, 0.05) is 32.7 Å². The van der Waals surface area contributed by atoms with Crippen molar-refractivity contribution < 1.29 is 19.0 Å². The predicted octanol–water partition coefficient (Wildman–Crippen LogP) is 2.89. The molecule has 3 rings (SSSR count). The first-order valence-corrected chi connectivity index (χ1v) is 8.78. The van der Waals surface area contributed by atoms with Crippen LogP contribution in [0, 0.1) is 5.82 Å². The zero-order valence-corrected chi connectivity index (χ0v) is 14.8. The number of phenolic OH excluding ortho intramolecular Hbond substituents is 1. The zero-order valence-electron chi connectivity index (χ0n) is 14.8. The van der Waals surface area contributed by atoms with Crippen molar-refractivity contribution in [3.8, 4) is 11.5 Å². The zero-order chi connectivity index (χ0) is 18.5. The highest BCUT2D eigenvalue weighted by atomic mass is 19.1. The Kier molecular flexibility index (Phi) is 5.73. The minimum Gasteiger partial charge on any atom is -0.507 e. The SMILES string of the molecule is CCOc1ccc(CN2CCN(C(=O)c3cc(F)ccc3O)CC2)cc1. The average molecular weight is 358 g/mol. The van der Waals surface area contributed by atoms with E-state index in [-0.39, 0.29) is 17.2 Å². The highest BCUT2D eigenvalue weighted by Gasteiger charge is 2.24. The molecule has 2 aromatic rings. The number of carbonyl (C=O) groups is 1. The molecule has 0 bridgehead atoms. The van der Waals surface area contributed by atoms with Gasteiger partial charge in [0.05, 0.1) is 12.2 Å². The molecule has 0 spiro atoms. The minimum absolute atomic E-state index is 0.0185. The number of piperazine rings is 1. The van der Waals surface area contributed by atoms with Crippen molar-refractivity contribution in [1.82, 2.24) is 9.80 Å². The molecule has 1 aliphatic heterocycles. The van der Waals surface area contributed by atoms with Crippen molar-refractivity contribution >= 4 is 5.91 Å². The normalized spacial score (nSPS) is 15.1. The summed E-state index contributed by atoms with van der Waals surface area (Å²) in [4.78, 5) is 16.4. The van der Waals surface area contributed by atoms with E-state index >= 15 is 0 Å². The third-order valence-corrected chi connectivity index (χ3v) is 4.49. The summed E-state index contributed by atoms with van der Waals surface area (Å²) in [6.45, 7) is 5.97. The second-order valence-electron chi connectivity index (χ2n) is 6.31. The molecule has 1 amide bonds. The number of halogens is 1. The van der Waals surface area contributed by atoms with Gasteiger partial charge in [0.2, 0.25) is 0 Å². The molecule has 0 atom stereocenters. The first-order chi connectivity index (χ1) is 12.6. The van der Waals surface area contributed by atoms with E-state index in [0.717, 1.165) is 37.5 Å². The van der Waals surface area contributed by atoms with E-state index in [0.29, 0.717) is 19.7 Å². The standard InChI is InChI=1S/C20H23FN2O3/c1-2-26-17-6-3-15(4-7-17)14-22-9-11-23(12-10-22)20(25)18-13-16(21)5-8-19(18)24/h3-8,13,24H,2,9-12,14H2,1H3. The first-order valence-electron chi connectivity index (χ1n) is 8.78. The molecular weight excluding hydrogens is 335 g/mol. The van der Waals surface area contributed by atoms with Gasteiger partial charge in [-0.3, -0.25) is 9.69 Å². The molecule has 1 N–H and O–H groups in total. The van der Waals surface area contributed by atoms with Crippen LogP contribution in [0.5, 0.6) is 11.5 Å². The van der Waals surface area contributed by atoms with Gasteiger partial charge in [0.15, 0.2) is 0 Å². The van der Waals surface area contributed by atoms with Gasteiger partial charge in [-0.25, -0.2) is 4.39 Å². The summed E-state index contributed by atoms with van der Waals surface area (Å²) in [7, 11) is 0. The lowest BCUT2D eigenvalue weighted by Gasteiger charge is -2.34. The molecule has 1 aliphatic rings. The van der Waals surface area contributed by atoms with Gasteiger partial charge in [-0.1, -0.05) is 12.1 Å². The summed E-state index contributed by atoms with van der Waals surface area (Å²) < 4.78 is 18.8. The molecule has 0 aromatic heterocycles. The molecule has 0 aliphatic carbocycles. The number of carbonyl (C=O) groups excluding carboxylic acids is 1. The fourth-order valence-corrected chi connectivity index (χ4v) is 3.07. The topological polar surface area (TPSA) is 53.0 Å². The number of aromatic hydroxyl groups is 1. The second kappa shape index (κ2) is 8.19. The molecule has 1 heterocycles. The molecule has 1 saturated heterocycles. The number of nitrogens with zero attached hydrogens (tertiary/aromatic N) is 2. The minimum atomic E-state index is -0.528. The van der Waals surface area contributed by atoms with Crippen LogP contribution in [0.15, 0.2) is 42.5 Å². The monoisotopic (exact) mass is 358 g/mol. The van der Waals surface area contributed by atoms with Crippen LogP contribution in [0.1, 0.15) is 22.8 Å². The van der Waals surface area contributed by atoms with Gasteiger partial charge >= 0.3 is 0 Å². The number of amides is 1. The van der Waals surface area contributed by atoms with Crippen LogP contribution >= 0.6 is 0 Å². The molecule has 0 saturated carbocycles. The fourth-order valence-electron chi connectivity index (χ4n) is 3.07. The Morgan fingerprint density at radius 3 is 2.46 bits per heavy atom. The summed E-state index contributed by atoms with van der Waals surface area (Å²) in [5, 5.41) is 9.81. The van der Waals surface area contributed by atoms with Crippen LogP contribution in [0.2, 0.25) is 0 Å². The molecule has 0 unspecified atom stereocenters. The Balaban J connectivity index is 1.55. The lowest BCUT2D eigenvalue weighted by Crippen LogP contribution is -2.48. The largest absolute Gasteiger partial charge is 0.507 e. The van der Waals surface area contributed by atoms with Crippen molar-refractivity contribution in [3.63, 3.8) is 0 Å².